The topological polar surface area (TPSA) is 0 Å². The molecule has 0 aromatic heterocycles. The Morgan fingerprint density at radius 3 is 2.34 bits per heavy atom. The van der Waals surface area contributed by atoms with Gasteiger partial charge < -0.3 is 0 Å². The largest absolute Gasteiger partial charge is 0.0955 e. The second-order valence-electron chi connectivity index (χ2n) is 9.49. The molecule has 0 saturated carbocycles. The SMILES string of the molecule is C=C(C)c1ccccc1-c1cc(C)cc2c1C(C)c1ccc(C3=CC=C(CC)CC3)cc1-2. The van der Waals surface area contributed by atoms with Crippen LogP contribution in [0.1, 0.15) is 73.8 Å². The Morgan fingerprint density at radius 2 is 1.66 bits per heavy atom. The molecule has 2 aliphatic rings. The van der Waals surface area contributed by atoms with E-state index in [1.54, 1.807) is 5.57 Å². The van der Waals surface area contributed by atoms with E-state index < -0.39 is 0 Å². The summed E-state index contributed by atoms with van der Waals surface area (Å²) in [5.41, 5.74) is 16.5. The normalized spacial score (nSPS) is 16.8. The lowest BCUT2D eigenvalue weighted by Crippen LogP contribution is -1.97. The molecule has 0 amide bonds. The minimum Gasteiger partial charge on any atom is -0.0955 e. The Bertz CT molecular complexity index is 1300. The van der Waals surface area contributed by atoms with Crippen molar-refractivity contribution in [1.82, 2.24) is 0 Å². The van der Waals surface area contributed by atoms with Gasteiger partial charge >= 0.3 is 0 Å². The Hall–Kier alpha value is -3.12. The van der Waals surface area contributed by atoms with Crippen molar-refractivity contribution in [3.8, 4) is 22.3 Å². The highest BCUT2D eigenvalue weighted by Crippen LogP contribution is 2.50. The van der Waals surface area contributed by atoms with Crippen LogP contribution in [0.3, 0.4) is 0 Å². The lowest BCUT2D eigenvalue weighted by Gasteiger charge is -2.17. The van der Waals surface area contributed by atoms with Crippen LogP contribution in [0.5, 0.6) is 0 Å². The van der Waals surface area contributed by atoms with E-state index in [1.807, 2.05) is 0 Å². The molecule has 1 atom stereocenters. The Morgan fingerprint density at radius 1 is 0.906 bits per heavy atom. The maximum Gasteiger partial charge on any atom is 0.00794 e. The molecule has 160 valence electrons. The fourth-order valence-corrected chi connectivity index (χ4v) is 5.54. The van der Waals surface area contributed by atoms with E-state index in [9.17, 15) is 0 Å². The molecule has 0 aliphatic heterocycles. The van der Waals surface area contributed by atoms with Gasteiger partial charge in [-0.05, 0) is 94.8 Å². The average molecular weight is 417 g/mol. The first-order valence-electron chi connectivity index (χ1n) is 11.9. The van der Waals surface area contributed by atoms with Gasteiger partial charge in [0.1, 0.15) is 0 Å². The van der Waals surface area contributed by atoms with Crippen molar-refractivity contribution in [1.29, 1.82) is 0 Å². The molecular weight excluding hydrogens is 384 g/mol. The minimum absolute atomic E-state index is 0.384. The van der Waals surface area contributed by atoms with Crippen LogP contribution in [-0.4, -0.2) is 0 Å². The number of hydrogen-bond donors (Lipinski definition) is 0. The average Bonchev–Trinajstić information content (AvgIpc) is 3.09. The maximum absolute atomic E-state index is 4.25. The highest BCUT2D eigenvalue weighted by molar-refractivity contribution is 5.91. The number of aryl methyl sites for hydroxylation is 1. The first-order valence-corrected chi connectivity index (χ1v) is 11.9. The lowest BCUT2D eigenvalue weighted by atomic mass is 9.86. The zero-order chi connectivity index (χ0) is 22.4. The Kier molecular flexibility index (Phi) is 5.25. The minimum atomic E-state index is 0.384. The van der Waals surface area contributed by atoms with Crippen molar-refractivity contribution >= 4 is 11.1 Å². The van der Waals surface area contributed by atoms with Crippen LogP contribution in [0.15, 0.2) is 78.9 Å². The Labute approximate surface area is 193 Å². The highest BCUT2D eigenvalue weighted by atomic mass is 14.3. The van der Waals surface area contributed by atoms with E-state index >= 15 is 0 Å². The molecule has 0 N–H and O–H groups in total. The van der Waals surface area contributed by atoms with Crippen LogP contribution in [0, 0.1) is 6.92 Å². The standard InChI is InChI=1S/C32H32/c1-6-23-11-13-24(14-12-23)25-15-16-27-22(5)32-30(17-21(4)18-31(32)29(27)19-25)28-10-8-7-9-26(28)20(2)3/h7-11,13,15-19,22H,2,6,12,14H2,1,3-5H3. The predicted octanol–water partition coefficient (Wildman–Crippen LogP) is 9.34. The third-order valence-electron chi connectivity index (χ3n) is 7.30. The molecule has 2 aliphatic carbocycles. The number of hydrogen-bond acceptors (Lipinski definition) is 0. The quantitative estimate of drug-likeness (QED) is 0.397. The molecule has 0 saturated heterocycles. The van der Waals surface area contributed by atoms with Crippen molar-refractivity contribution in [2.45, 2.75) is 52.9 Å². The monoisotopic (exact) mass is 416 g/mol. The Balaban J connectivity index is 1.68. The number of benzene rings is 3. The summed E-state index contributed by atoms with van der Waals surface area (Å²) in [6, 6.07) is 20.6. The molecule has 0 nitrogen and oxygen atoms in total. The van der Waals surface area contributed by atoms with Gasteiger partial charge in [-0.25, -0.2) is 0 Å². The molecule has 0 bridgehead atoms. The van der Waals surface area contributed by atoms with Crippen molar-refractivity contribution in [2.24, 2.45) is 0 Å². The van der Waals surface area contributed by atoms with E-state index in [0.29, 0.717) is 5.92 Å². The summed E-state index contributed by atoms with van der Waals surface area (Å²) in [4.78, 5) is 0. The predicted molar refractivity (Wildman–Crippen MR) is 140 cm³/mol. The lowest BCUT2D eigenvalue weighted by molar-refractivity contribution is 0.906. The molecule has 5 rings (SSSR count). The zero-order valence-corrected chi connectivity index (χ0v) is 19.8. The summed E-state index contributed by atoms with van der Waals surface area (Å²) in [6.45, 7) is 13.2. The summed E-state index contributed by atoms with van der Waals surface area (Å²) < 4.78 is 0. The van der Waals surface area contributed by atoms with Gasteiger partial charge in [0.15, 0.2) is 0 Å². The van der Waals surface area contributed by atoms with Gasteiger partial charge in [-0.15, -0.1) is 0 Å². The third-order valence-corrected chi connectivity index (χ3v) is 7.30. The number of allylic oxidation sites excluding steroid dienone is 5. The van der Waals surface area contributed by atoms with Gasteiger partial charge in [0.2, 0.25) is 0 Å². The van der Waals surface area contributed by atoms with E-state index in [-0.39, 0.29) is 0 Å². The molecule has 3 aromatic rings. The van der Waals surface area contributed by atoms with Gasteiger partial charge in [0.25, 0.3) is 0 Å². The molecule has 0 spiro atoms. The van der Waals surface area contributed by atoms with Crippen LogP contribution in [0.2, 0.25) is 0 Å². The summed E-state index contributed by atoms with van der Waals surface area (Å²) in [5.74, 6) is 0.384. The molecule has 0 radical (unpaired) electrons. The van der Waals surface area contributed by atoms with Crippen LogP contribution >= 0.6 is 0 Å². The maximum atomic E-state index is 4.25. The van der Waals surface area contributed by atoms with E-state index in [4.69, 9.17) is 0 Å². The molecule has 0 fully saturated rings. The summed E-state index contributed by atoms with van der Waals surface area (Å²) >= 11 is 0. The summed E-state index contributed by atoms with van der Waals surface area (Å²) in [6.07, 6.45) is 8.17. The van der Waals surface area contributed by atoms with Crippen LogP contribution in [0.25, 0.3) is 33.4 Å². The third kappa shape index (κ3) is 3.39. The fraction of sp³-hybridized carbons (Fsp3) is 0.250. The molecule has 0 heterocycles. The smallest absolute Gasteiger partial charge is 0.00794 e. The van der Waals surface area contributed by atoms with Gasteiger partial charge in [0.05, 0.1) is 0 Å². The van der Waals surface area contributed by atoms with Crippen molar-refractivity contribution in [3.63, 3.8) is 0 Å². The van der Waals surface area contributed by atoms with E-state index in [2.05, 4.69) is 101 Å². The second-order valence-corrected chi connectivity index (χ2v) is 9.49. The molecule has 0 heteroatoms. The molecule has 1 unspecified atom stereocenters. The second kappa shape index (κ2) is 8.10. The summed E-state index contributed by atoms with van der Waals surface area (Å²) in [7, 11) is 0. The van der Waals surface area contributed by atoms with Gasteiger partial charge in [0, 0.05) is 5.92 Å². The number of fused-ring (bicyclic) bond motifs is 3. The van der Waals surface area contributed by atoms with Crippen LogP contribution < -0.4 is 0 Å². The highest BCUT2D eigenvalue weighted by Gasteiger charge is 2.29. The first-order chi connectivity index (χ1) is 15.5. The molecular formula is C32H32. The van der Waals surface area contributed by atoms with Gasteiger partial charge in [-0.1, -0.05) is 92.3 Å². The summed E-state index contributed by atoms with van der Waals surface area (Å²) in [5, 5.41) is 0. The fourth-order valence-electron chi connectivity index (χ4n) is 5.54. The van der Waals surface area contributed by atoms with Gasteiger partial charge in [-0.3, -0.25) is 0 Å². The van der Waals surface area contributed by atoms with Crippen molar-refractivity contribution in [2.75, 3.05) is 0 Å². The first kappa shape index (κ1) is 20.8. The van der Waals surface area contributed by atoms with Crippen molar-refractivity contribution in [3.05, 3.63) is 107 Å². The zero-order valence-electron chi connectivity index (χ0n) is 19.8. The van der Waals surface area contributed by atoms with E-state index in [0.717, 1.165) is 18.4 Å². The molecule has 32 heavy (non-hydrogen) atoms. The molecule has 3 aromatic carbocycles. The van der Waals surface area contributed by atoms with Gasteiger partial charge in [-0.2, -0.15) is 0 Å². The van der Waals surface area contributed by atoms with Crippen molar-refractivity contribution < 1.29 is 0 Å². The van der Waals surface area contributed by atoms with Crippen LogP contribution in [0.4, 0.5) is 0 Å². The van der Waals surface area contributed by atoms with E-state index in [1.165, 1.54) is 62.1 Å². The number of rotatable bonds is 4. The van der Waals surface area contributed by atoms with Crippen LogP contribution in [-0.2, 0) is 0 Å².